The van der Waals surface area contributed by atoms with Crippen LogP contribution in [0.15, 0.2) is 36.4 Å². The molecule has 3 N–H and O–H groups in total. The first-order chi connectivity index (χ1) is 10.3. The summed E-state index contributed by atoms with van der Waals surface area (Å²) in [5, 5.41) is 6.22. The molecule has 108 valence electrons. The smallest absolute Gasteiger partial charge is 0.180 e. The summed E-state index contributed by atoms with van der Waals surface area (Å²) in [6.45, 7) is 0.944. The Balaban J connectivity index is 2.03. The Hall–Kier alpha value is -2.40. The van der Waals surface area contributed by atoms with Crippen LogP contribution in [0.4, 0.5) is 5.82 Å². The highest BCUT2D eigenvalue weighted by Gasteiger charge is 2.10. The van der Waals surface area contributed by atoms with Gasteiger partial charge in [-0.15, -0.1) is 0 Å². The number of fused-ring (bicyclic) bond motifs is 1. The number of aromatic nitrogens is 3. The summed E-state index contributed by atoms with van der Waals surface area (Å²) in [4.78, 5) is 12.5. The molecule has 0 saturated heterocycles. The third kappa shape index (κ3) is 2.73. The van der Waals surface area contributed by atoms with Crippen molar-refractivity contribution in [3.05, 3.63) is 42.0 Å². The SMILES string of the molecule is CNCCc1ccccc1-c1nc2nc(NC)ccc2[nH]1. The van der Waals surface area contributed by atoms with Gasteiger partial charge in [0, 0.05) is 12.6 Å². The second-order valence-corrected chi connectivity index (χ2v) is 4.91. The van der Waals surface area contributed by atoms with Crippen LogP contribution in [0.2, 0.25) is 0 Å². The Labute approximate surface area is 123 Å². The quantitative estimate of drug-likeness (QED) is 0.672. The van der Waals surface area contributed by atoms with E-state index in [1.165, 1.54) is 5.56 Å². The molecule has 0 atom stereocenters. The summed E-state index contributed by atoms with van der Waals surface area (Å²) in [7, 11) is 3.82. The molecular weight excluding hydrogens is 262 g/mol. The highest BCUT2D eigenvalue weighted by molar-refractivity contribution is 5.78. The molecule has 0 saturated carbocycles. The number of aromatic amines is 1. The molecule has 5 nitrogen and oxygen atoms in total. The number of imidazole rings is 1. The van der Waals surface area contributed by atoms with Gasteiger partial charge in [-0.05, 0) is 37.7 Å². The van der Waals surface area contributed by atoms with Gasteiger partial charge >= 0.3 is 0 Å². The molecule has 3 aromatic rings. The fourth-order valence-corrected chi connectivity index (χ4v) is 2.39. The maximum absolute atomic E-state index is 4.63. The van der Waals surface area contributed by atoms with E-state index < -0.39 is 0 Å². The molecule has 21 heavy (non-hydrogen) atoms. The minimum absolute atomic E-state index is 0.736. The monoisotopic (exact) mass is 281 g/mol. The van der Waals surface area contributed by atoms with Crippen LogP contribution >= 0.6 is 0 Å². The molecule has 0 amide bonds. The van der Waals surface area contributed by atoms with E-state index in [0.29, 0.717) is 0 Å². The second-order valence-electron chi connectivity index (χ2n) is 4.91. The van der Waals surface area contributed by atoms with Gasteiger partial charge in [0.05, 0.1) is 5.52 Å². The molecule has 3 rings (SSSR count). The minimum Gasteiger partial charge on any atom is -0.373 e. The van der Waals surface area contributed by atoms with Crippen molar-refractivity contribution in [1.29, 1.82) is 0 Å². The Bertz CT molecular complexity index is 747. The van der Waals surface area contributed by atoms with E-state index in [0.717, 1.165) is 41.3 Å². The van der Waals surface area contributed by atoms with Crippen LogP contribution in [0.1, 0.15) is 5.56 Å². The van der Waals surface area contributed by atoms with Crippen LogP contribution in [-0.2, 0) is 6.42 Å². The van der Waals surface area contributed by atoms with E-state index in [-0.39, 0.29) is 0 Å². The number of nitrogens with one attached hydrogen (secondary N) is 3. The molecule has 0 aliphatic carbocycles. The maximum atomic E-state index is 4.63. The van der Waals surface area contributed by atoms with Gasteiger partial charge in [0.2, 0.25) is 0 Å². The number of likely N-dealkylation sites (N-methyl/N-ethyl adjacent to an activating group) is 1. The van der Waals surface area contributed by atoms with Crippen molar-refractivity contribution in [2.75, 3.05) is 26.0 Å². The normalized spacial score (nSPS) is 11.0. The molecule has 2 heterocycles. The number of H-pyrrole nitrogens is 1. The average Bonchev–Trinajstić information content (AvgIpc) is 2.95. The number of anilines is 1. The zero-order valence-corrected chi connectivity index (χ0v) is 12.3. The van der Waals surface area contributed by atoms with E-state index in [4.69, 9.17) is 0 Å². The number of pyridine rings is 1. The zero-order chi connectivity index (χ0) is 14.7. The van der Waals surface area contributed by atoms with E-state index in [9.17, 15) is 0 Å². The lowest BCUT2D eigenvalue weighted by atomic mass is 10.0. The summed E-state index contributed by atoms with van der Waals surface area (Å²) in [6.07, 6.45) is 0.971. The Morgan fingerprint density at radius 3 is 2.71 bits per heavy atom. The van der Waals surface area contributed by atoms with Crippen molar-refractivity contribution in [3.8, 4) is 11.4 Å². The van der Waals surface area contributed by atoms with Crippen molar-refractivity contribution in [2.24, 2.45) is 0 Å². The van der Waals surface area contributed by atoms with Crippen molar-refractivity contribution >= 4 is 17.0 Å². The molecule has 0 aliphatic rings. The van der Waals surface area contributed by atoms with Gasteiger partial charge in [0.1, 0.15) is 11.6 Å². The predicted molar refractivity (Wildman–Crippen MR) is 86.5 cm³/mol. The first kappa shape index (κ1) is 13.6. The lowest BCUT2D eigenvalue weighted by Crippen LogP contribution is -2.10. The highest BCUT2D eigenvalue weighted by Crippen LogP contribution is 2.24. The molecule has 1 aromatic carbocycles. The first-order valence-corrected chi connectivity index (χ1v) is 7.09. The van der Waals surface area contributed by atoms with Crippen LogP contribution in [-0.4, -0.2) is 35.6 Å². The van der Waals surface area contributed by atoms with Crippen molar-refractivity contribution < 1.29 is 0 Å². The second kappa shape index (κ2) is 5.93. The number of benzene rings is 1. The van der Waals surface area contributed by atoms with Crippen molar-refractivity contribution in [2.45, 2.75) is 6.42 Å². The van der Waals surface area contributed by atoms with Gasteiger partial charge < -0.3 is 15.6 Å². The molecule has 5 heteroatoms. The zero-order valence-electron chi connectivity index (χ0n) is 12.3. The summed E-state index contributed by atoms with van der Waals surface area (Å²) >= 11 is 0. The summed E-state index contributed by atoms with van der Waals surface area (Å²) < 4.78 is 0. The topological polar surface area (TPSA) is 65.6 Å². The molecular formula is C16H19N5. The Morgan fingerprint density at radius 2 is 1.90 bits per heavy atom. The van der Waals surface area contributed by atoms with Gasteiger partial charge in [-0.3, -0.25) is 0 Å². The summed E-state index contributed by atoms with van der Waals surface area (Å²) in [5.74, 6) is 1.70. The highest BCUT2D eigenvalue weighted by atomic mass is 15.0. The fourth-order valence-electron chi connectivity index (χ4n) is 2.39. The molecule has 0 radical (unpaired) electrons. The minimum atomic E-state index is 0.736. The standard InChI is InChI=1S/C16H19N5/c1-17-10-9-11-5-3-4-6-12(11)15-19-13-7-8-14(18-2)20-16(13)21-15/h3-8,17H,9-10H2,1-2H3,(H2,18,19,20,21). The Kier molecular flexibility index (Phi) is 3.83. The molecule has 0 unspecified atom stereocenters. The molecule has 0 aliphatic heterocycles. The van der Waals surface area contributed by atoms with Gasteiger partial charge in [-0.25, -0.2) is 9.97 Å². The van der Waals surface area contributed by atoms with Crippen LogP contribution in [0.5, 0.6) is 0 Å². The van der Waals surface area contributed by atoms with Crippen molar-refractivity contribution in [1.82, 2.24) is 20.3 Å². The number of hydrogen-bond donors (Lipinski definition) is 3. The molecule has 2 aromatic heterocycles. The number of nitrogens with zero attached hydrogens (tertiary/aromatic N) is 2. The fraction of sp³-hybridized carbons (Fsp3) is 0.250. The van der Waals surface area contributed by atoms with Crippen LogP contribution < -0.4 is 10.6 Å². The van der Waals surface area contributed by atoms with E-state index in [1.54, 1.807) is 0 Å². The number of rotatable bonds is 5. The third-order valence-electron chi connectivity index (χ3n) is 3.52. The lowest BCUT2D eigenvalue weighted by molar-refractivity contribution is 0.792. The van der Waals surface area contributed by atoms with Gasteiger partial charge in [0.15, 0.2) is 5.65 Å². The Morgan fingerprint density at radius 1 is 1.05 bits per heavy atom. The van der Waals surface area contributed by atoms with Crippen LogP contribution in [0.3, 0.4) is 0 Å². The van der Waals surface area contributed by atoms with Gasteiger partial charge in [0.25, 0.3) is 0 Å². The third-order valence-corrected chi connectivity index (χ3v) is 3.52. The van der Waals surface area contributed by atoms with Crippen LogP contribution in [0, 0.1) is 0 Å². The first-order valence-electron chi connectivity index (χ1n) is 7.09. The van der Waals surface area contributed by atoms with E-state index in [2.05, 4.69) is 43.8 Å². The summed E-state index contributed by atoms with van der Waals surface area (Å²) in [5.41, 5.74) is 4.10. The predicted octanol–water partition coefficient (Wildman–Crippen LogP) is 2.43. The van der Waals surface area contributed by atoms with Gasteiger partial charge in [-0.1, -0.05) is 24.3 Å². The lowest BCUT2D eigenvalue weighted by Gasteiger charge is -2.06. The average molecular weight is 281 g/mol. The summed E-state index contributed by atoms with van der Waals surface area (Å²) in [6, 6.07) is 12.3. The van der Waals surface area contributed by atoms with Crippen LogP contribution in [0.25, 0.3) is 22.6 Å². The number of hydrogen-bond acceptors (Lipinski definition) is 4. The molecule has 0 spiro atoms. The maximum Gasteiger partial charge on any atom is 0.180 e. The largest absolute Gasteiger partial charge is 0.373 e. The van der Waals surface area contributed by atoms with Gasteiger partial charge in [-0.2, -0.15) is 0 Å². The molecule has 0 bridgehead atoms. The molecule has 0 fully saturated rings. The van der Waals surface area contributed by atoms with E-state index in [1.807, 2.05) is 32.3 Å². The van der Waals surface area contributed by atoms with E-state index >= 15 is 0 Å². The van der Waals surface area contributed by atoms with Crippen molar-refractivity contribution in [3.63, 3.8) is 0 Å².